The van der Waals surface area contributed by atoms with Crippen LogP contribution in [-0.4, -0.2) is 16.5 Å². The molecular formula is C12H15N3S2. The Hall–Kier alpha value is -1.07. The summed E-state index contributed by atoms with van der Waals surface area (Å²) < 4.78 is 1.08. The van der Waals surface area contributed by atoms with Gasteiger partial charge in [-0.3, -0.25) is 0 Å². The molecule has 0 atom stereocenters. The summed E-state index contributed by atoms with van der Waals surface area (Å²) in [6.07, 6.45) is 2.94. The van der Waals surface area contributed by atoms with Crippen LogP contribution < -0.4 is 5.32 Å². The van der Waals surface area contributed by atoms with Crippen molar-refractivity contribution in [3.8, 4) is 0 Å². The van der Waals surface area contributed by atoms with Crippen molar-refractivity contribution in [3.63, 3.8) is 0 Å². The lowest BCUT2D eigenvalue weighted by molar-refractivity contribution is 0.967. The number of thiazole rings is 1. The highest BCUT2D eigenvalue weighted by molar-refractivity contribution is 8.01. The second kappa shape index (κ2) is 6.02. The van der Waals surface area contributed by atoms with Gasteiger partial charge in [0, 0.05) is 28.7 Å². The molecule has 17 heavy (non-hydrogen) atoms. The molecule has 0 amide bonds. The maximum atomic E-state index is 4.44. The monoisotopic (exact) mass is 265 g/mol. The van der Waals surface area contributed by atoms with E-state index in [1.165, 1.54) is 4.90 Å². The number of aromatic nitrogens is 2. The molecule has 0 radical (unpaired) electrons. The molecule has 0 spiro atoms. The summed E-state index contributed by atoms with van der Waals surface area (Å²) in [4.78, 5) is 9.89. The van der Waals surface area contributed by atoms with E-state index in [-0.39, 0.29) is 0 Å². The van der Waals surface area contributed by atoms with E-state index in [1.807, 2.05) is 19.2 Å². The molecule has 0 aliphatic rings. The first kappa shape index (κ1) is 12.4. The average Bonchev–Trinajstić information content (AvgIpc) is 2.73. The third-order valence-electron chi connectivity index (χ3n) is 2.09. The van der Waals surface area contributed by atoms with Gasteiger partial charge in [-0.05, 0) is 25.5 Å². The van der Waals surface area contributed by atoms with Crippen molar-refractivity contribution >= 4 is 28.9 Å². The van der Waals surface area contributed by atoms with Crippen molar-refractivity contribution in [2.24, 2.45) is 0 Å². The van der Waals surface area contributed by atoms with Gasteiger partial charge in [-0.15, -0.1) is 11.3 Å². The fraction of sp³-hybridized carbons (Fsp3) is 0.333. The molecule has 0 saturated carbocycles. The largest absolute Gasteiger partial charge is 0.370 e. The molecule has 0 bridgehead atoms. The van der Waals surface area contributed by atoms with Crippen molar-refractivity contribution < 1.29 is 0 Å². The zero-order valence-corrected chi connectivity index (χ0v) is 11.6. The molecule has 0 saturated heterocycles. The predicted octanol–water partition coefficient (Wildman–Crippen LogP) is 3.82. The molecule has 2 aromatic heterocycles. The topological polar surface area (TPSA) is 37.8 Å². The minimum atomic E-state index is 0.935. The van der Waals surface area contributed by atoms with Gasteiger partial charge in [0.05, 0.1) is 0 Å². The summed E-state index contributed by atoms with van der Waals surface area (Å²) in [5, 5.41) is 5.35. The fourth-order valence-corrected chi connectivity index (χ4v) is 3.14. The van der Waals surface area contributed by atoms with E-state index in [0.29, 0.717) is 0 Å². The van der Waals surface area contributed by atoms with Gasteiger partial charge >= 0.3 is 0 Å². The van der Waals surface area contributed by atoms with Crippen LogP contribution in [0.3, 0.4) is 0 Å². The molecular weight excluding hydrogens is 250 g/mol. The van der Waals surface area contributed by atoms with Crippen LogP contribution in [0.5, 0.6) is 0 Å². The highest BCUT2D eigenvalue weighted by atomic mass is 32.2. The summed E-state index contributed by atoms with van der Waals surface area (Å²) in [5.41, 5.74) is 1.08. The van der Waals surface area contributed by atoms with Crippen LogP contribution in [0.1, 0.15) is 19.0 Å². The van der Waals surface area contributed by atoms with Gasteiger partial charge in [-0.2, -0.15) is 0 Å². The lowest BCUT2D eigenvalue weighted by Crippen LogP contribution is -2.01. The van der Waals surface area contributed by atoms with Gasteiger partial charge in [-0.25, -0.2) is 9.97 Å². The van der Waals surface area contributed by atoms with Gasteiger partial charge in [0.15, 0.2) is 4.34 Å². The number of anilines is 1. The van der Waals surface area contributed by atoms with Crippen molar-refractivity contribution in [2.45, 2.75) is 29.5 Å². The maximum Gasteiger partial charge on any atom is 0.154 e. The predicted molar refractivity (Wildman–Crippen MR) is 74.0 cm³/mol. The number of rotatable bonds is 5. The molecule has 0 unspecified atom stereocenters. The lowest BCUT2D eigenvalue weighted by atomic mass is 10.4. The van der Waals surface area contributed by atoms with E-state index in [1.54, 1.807) is 23.1 Å². The zero-order valence-electron chi connectivity index (χ0n) is 9.93. The Bertz CT molecular complexity index is 482. The molecule has 2 rings (SSSR count). The SMILES string of the molecule is CCCNc1cc(Sc2nc(C)cs2)ccn1. The summed E-state index contributed by atoms with van der Waals surface area (Å²) >= 11 is 3.36. The third kappa shape index (κ3) is 3.71. The highest BCUT2D eigenvalue weighted by Crippen LogP contribution is 2.30. The van der Waals surface area contributed by atoms with Crippen LogP contribution in [0.4, 0.5) is 5.82 Å². The first-order chi connectivity index (χ1) is 8.28. The van der Waals surface area contributed by atoms with E-state index >= 15 is 0 Å². The number of hydrogen-bond donors (Lipinski definition) is 1. The van der Waals surface area contributed by atoms with Crippen molar-refractivity contribution in [3.05, 3.63) is 29.4 Å². The normalized spacial score (nSPS) is 10.5. The first-order valence-electron chi connectivity index (χ1n) is 5.58. The lowest BCUT2D eigenvalue weighted by Gasteiger charge is -2.04. The minimum Gasteiger partial charge on any atom is -0.370 e. The number of pyridine rings is 1. The van der Waals surface area contributed by atoms with Crippen LogP contribution >= 0.6 is 23.1 Å². The third-order valence-corrected chi connectivity index (χ3v) is 4.14. The van der Waals surface area contributed by atoms with Crippen LogP contribution in [0.2, 0.25) is 0 Å². The molecule has 2 aromatic rings. The molecule has 0 aromatic carbocycles. The average molecular weight is 265 g/mol. The minimum absolute atomic E-state index is 0.935. The molecule has 5 heteroatoms. The molecule has 1 N–H and O–H groups in total. The fourth-order valence-electron chi connectivity index (χ4n) is 1.30. The van der Waals surface area contributed by atoms with Crippen molar-refractivity contribution in [2.75, 3.05) is 11.9 Å². The van der Waals surface area contributed by atoms with E-state index in [4.69, 9.17) is 0 Å². The second-order valence-corrected chi connectivity index (χ2v) is 5.84. The van der Waals surface area contributed by atoms with Gasteiger partial charge < -0.3 is 5.32 Å². The second-order valence-electron chi connectivity index (χ2n) is 3.66. The summed E-state index contributed by atoms with van der Waals surface area (Å²) in [7, 11) is 0. The Morgan fingerprint density at radius 3 is 3.06 bits per heavy atom. The Labute approximate surface area is 110 Å². The van der Waals surface area contributed by atoms with E-state index in [0.717, 1.165) is 28.8 Å². The summed E-state index contributed by atoms with van der Waals surface area (Å²) in [6.45, 7) is 5.11. The highest BCUT2D eigenvalue weighted by Gasteiger charge is 2.03. The van der Waals surface area contributed by atoms with Crippen molar-refractivity contribution in [1.29, 1.82) is 0 Å². The number of aryl methyl sites for hydroxylation is 1. The molecule has 0 fully saturated rings. The quantitative estimate of drug-likeness (QED) is 0.892. The number of nitrogens with one attached hydrogen (secondary N) is 1. The van der Waals surface area contributed by atoms with E-state index in [9.17, 15) is 0 Å². The van der Waals surface area contributed by atoms with Gasteiger partial charge in [-0.1, -0.05) is 18.7 Å². The maximum absolute atomic E-state index is 4.44. The smallest absolute Gasteiger partial charge is 0.154 e. The molecule has 2 heterocycles. The summed E-state index contributed by atoms with van der Waals surface area (Å²) in [6, 6.07) is 4.08. The van der Waals surface area contributed by atoms with Crippen LogP contribution in [0, 0.1) is 6.92 Å². The Morgan fingerprint density at radius 1 is 1.47 bits per heavy atom. The number of hydrogen-bond acceptors (Lipinski definition) is 5. The Kier molecular flexibility index (Phi) is 4.39. The first-order valence-corrected chi connectivity index (χ1v) is 7.27. The standard InChI is InChI=1S/C12H15N3S2/c1-3-5-13-11-7-10(4-6-14-11)17-12-15-9(2)8-16-12/h4,6-8H,3,5H2,1-2H3,(H,13,14). The van der Waals surface area contributed by atoms with Gasteiger partial charge in [0.25, 0.3) is 0 Å². The molecule has 0 aliphatic carbocycles. The van der Waals surface area contributed by atoms with Crippen molar-refractivity contribution in [1.82, 2.24) is 9.97 Å². The van der Waals surface area contributed by atoms with E-state index < -0.39 is 0 Å². The van der Waals surface area contributed by atoms with Crippen LogP contribution in [-0.2, 0) is 0 Å². The molecule has 0 aliphatic heterocycles. The zero-order chi connectivity index (χ0) is 12.1. The number of nitrogens with zero attached hydrogens (tertiary/aromatic N) is 2. The van der Waals surface area contributed by atoms with Crippen LogP contribution in [0.25, 0.3) is 0 Å². The van der Waals surface area contributed by atoms with Gasteiger partial charge in [0.1, 0.15) is 5.82 Å². The Morgan fingerprint density at radius 2 is 2.35 bits per heavy atom. The van der Waals surface area contributed by atoms with Crippen LogP contribution in [0.15, 0.2) is 32.9 Å². The molecule has 90 valence electrons. The molecule has 3 nitrogen and oxygen atoms in total. The van der Waals surface area contributed by atoms with E-state index in [2.05, 4.69) is 33.7 Å². The van der Waals surface area contributed by atoms with Gasteiger partial charge in [0.2, 0.25) is 0 Å². The Balaban J connectivity index is 2.05. The summed E-state index contributed by atoms with van der Waals surface area (Å²) in [5.74, 6) is 0.935.